The van der Waals surface area contributed by atoms with Gasteiger partial charge in [0.25, 0.3) is 0 Å². The zero-order chi connectivity index (χ0) is 11.8. The summed E-state index contributed by atoms with van der Waals surface area (Å²) in [5, 5.41) is 0.520. The summed E-state index contributed by atoms with van der Waals surface area (Å²) in [5.41, 5.74) is 0.852. The average molecular weight is 225 g/mol. The Morgan fingerprint density at radius 1 is 1.12 bits per heavy atom. The molecule has 0 unspecified atom stereocenters. The van der Waals surface area contributed by atoms with Crippen molar-refractivity contribution >= 4 is 10.9 Å². The van der Waals surface area contributed by atoms with Crippen LogP contribution in [0.15, 0.2) is 30.3 Å². The highest BCUT2D eigenvalue weighted by Crippen LogP contribution is 2.31. The van der Waals surface area contributed by atoms with Gasteiger partial charge in [0.2, 0.25) is 0 Å². The van der Waals surface area contributed by atoms with Crippen molar-refractivity contribution in [3.63, 3.8) is 0 Å². The molecule has 1 aromatic heterocycles. The minimum atomic E-state index is -4.29. The monoisotopic (exact) mass is 225 g/mol. The molecule has 0 fully saturated rings. The lowest BCUT2D eigenvalue weighted by Crippen LogP contribution is -2.04. The second kappa shape index (κ2) is 3.77. The van der Waals surface area contributed by atoms with Crippen LogP contribution in [0.25, 0.3) is 10.9 Å². The van der Waals surface area contributed by atoms with Crippen molar-refractivity contribution in [1.82, 2.24) is 4.98 Å². The molecule has 2 rings (SSSR count). The topological polar surface area (TPSA) is 12.9 Å². The Bertz CT molecular complexity index is 517. The van der Waals surface area contributed by atoms with E-state index >= 15 is 0 Å². The molecule has 84 valence electrons. The predicted octanol–water partition coefficient (Wildman–Crippen LogP) is 3.82. The Morgan fingerprint density at radius 3 is 2.50 bits per heavy atom. The van der Waals surface area contributed by atoms with E-state index in [1.807, 2.05) is 6.92 Å². The molecule has 0 amide bonds. The molecular formula is C12H10F3N. The van der Waals surface area contributed by atoms with E-state index < -0.39 is 11.7 Å². The third-order valence-electron chi connectivity index (χ3n) is 2.44. The molecule has 16 heavy (non-hydrogen) atoms. The number of nitrogens with zero attached hydrogens (tertiary/aromatic N) is 1. The van der Waals surface area contributed by atoms with Crippen LogP contribution in [0.3, 0.4) is 0 Å². The number of aromatic nitrogens is 1. The average Bonchev–Trinajstić information content (AvgIpc) is 2.26. The highest BCUT2D eigenvalue weighted by atomic mass is 19.4. The lowest BCUT2D eigenvalue weighted by atomic mass is 10.1. The third-order valence-corrected chi connectivity index (χ3v) is 2.44. The van der Waals surface area contributed by atoms with Crippen molar-refractivity contribution in [1.29, 1.82) is 0 Å². The summed E-state index contributed by atoms with van der Waals surface area (Å²) in [6, 6.07) is 7.03. The largest absolute Gasteiger partial charge is 0.416 e. The first-order valence-corrected chi connectivity index (χ1v) is 4.97. The van der Waals surface area contributed by atoms with E-state index in [9.17, 15) is 13.2 Å². The summed E-state index contributed by atoms with van der Waals surface area (Å²) in [6.45, 7) is 1.96. The van der Waals surface area contributed by atoms with Gasteiger partial charge in [0.15, 0.2) is 0 Å². The molecular weight excluding hydrogens is 215 g/mol. The maximum Gasteiger partial charge on any atom is 0.416 e. The van der Waals surface area contributed by atoms with Gasteiger partial charge in [-0.1, -0.05) is 13.0 Å². The number of aryl methyl sites for hydroxylation is 1. The van der Waals surface area contributed by atoms with Crippen LogP contribution < -0.4 is 0 Å². The zero-order valence-corrected chi connectivity index (χ0v) is 8.67. The van der Waals surface area contributed by atoms with Gasteiger partial charge >= 0.3 is 6.18 Å². The molecule has 0 spiro atoms. The molecule has 0 radical (unpaired) electrons. The minimum absolute atomic E-state index is 0.520. The molecule has 1 aromatic carbocycles. The van der Waals surface area contributed by atoms with E-state index in [0.717, 1.165) is 24.2 Å². The Morgan fingerprint density at radius 2 is 1.88 bits per heavy atom. The standard InChI is InChI=1S/C12H10F3N/c1-2-10-5-3-8-7-9(12(13,14)15)4-6-11(8)16-10/h3-7H,2H2,1H3. The number of rotatable bonds is 1. The van der Waals surface area contributed by atoms with E-state index in [1.54, 1.807) is 12.1 Å². The summed E-state index contributed by atoms with van der Waals surface area (Å²) in [5.74, 6) is 0. The first kappa shape index (κ1) is 10.9. The van der Waals surface area contributed by atoms with Gasteiger partial charge in [-0.15, -0.1) is 0 Å². The Balaban J connectivity index is 2.56. The molecule has 0 aliphatic carbocycles. The van der Waals surface area contributed by atoms with Crippen LogP contribution in [0, 0.1) is 0 Å². The molecule has 2 aromatic rings. The Labute approximate surface area is 90.9 Å². The molecule has 0 saturated carbocycles. The number of halogens is 3. The van der Waals surface area contributed by atoms with E-state index in [4.69, 9.17) is 0 Å². The zero-order valence-electron chi connectivity index (χ0n) is 8.67. The van der Waals surface area contributed by atoms with Crippen molar-refractivity contribution in [3.05, 3.63) is 41.6 Å². The van der Waals surface area contributed by atoms with Crippen LogP contribution in [-0.4, -0.2) is 4.98 Å². The maximum absolute atomic E-state index is 12.4. The first-order valence-electron chi connectivity index (χ1n) is 4.97. The summed E-state index contributed by atoms with van der Waals surface area (Å²) in [4.78, 5) is 4.25. The molecule has 0 bridgehead atoms. The lowest BCUT2D eigenvalue weighted by molar-refractivity contribution is -0.137. The van der Waals surface area contributed by atoms with Crippen LogP contribution in [0.1, 0.15) is 18.2 Å². The Hall–Kier alpha value is -1.58. The van der Waals surface area contributed by atoms with Crippen LogP contribution in [0.4, 0.5) is 13.2 Å². The number of hydrogen-bond acceptors (Lipinski definition) is 1. The summed E-state index contributed by atoms with van der Waals surface area (Å²) >= 11 is 0. The molecule has 0 saturated heterocycles. The summed E-state index contributed by atoms with van der Waals surface area (Å²) < 4.78 is 37.3. The molecule has 1 nitrogen and oxygen atoms in total. The van der Waals surface area contributed by atoms with Gasteiger partial charge in [0.1, 0.15) is 0 Å². The van der Waals surface area contributed by atoms with Gasteiger partial charge in [-0.2, -0.15) is 13.2 Å². The normalized spacial score (nSPS) is 12.0. The minimum Gasteiger partial charge on any atom is -0.253 e. The van der Waals surface area contributed by atoms with Crippen molar-refractivity contribution < 1.29 is 13.2 Å². The van der Waals surface area contributed by atoms with Crippen LogP contribution in [-0.2, 0) is 12.6 Å². The van der Waals surface area contributed by atoms with E-state index in [1.165, 1.54) is 6.07 Å². The number of pyridine rings is 1. The van der Waals surface area contributed by atoms with Gasteiger partial charge < -0.3 is 0 Å². The Kier molecular flexibility index (Phi) is 2.58. The second-order valence-corrected chi connectivity index (χ2v) is 3.56. The van der Waals surface area contributed by atoms with Gasteiger partial charge in [0, 0.05) is 11.1 Å². The van der Waals surface area contributed by atoms with Crippen LogP contribution in [0.2, 0.25) is 0 Å². The van der Waals surface area contributed by atoms with Crippen LogP contribution >= 0.6 is 0 Å². The fraction of sp³-hybridized carbons (Fsp3) is 0.250. The predicted molar refractivity (Wildman–Crippen MR) is 56.1 cm³/mol. The van der Waals surface area contributed by atoms with Crippen molar-refractivity contribution in [2.24, 2.45) is 0 Å². The highest BCUT2D eigenvalue weighted by Gasteiger charge is 2.30. The number of fused-ring (bicyclic) bond motifs is 1. The van der Waals surface area contributed by atoms with Crippen molar-refractivity contribution in [3.8, 4) is 0 Å². The molecule has 1 heterocycles. The summed E-state index contributed by atoms with van der Waals surface area (Å²) in [6.07, 6.45) is -3.52. The fourth-order valence-corrected chi connectivity index (χ4v) is 1.54. The van der Waals surface area contributed by atoms with E-state index in [-0.39, 0.29) is 0 Å². The molecule has 0 aliphatic heterocycles. The molecule has 0 atom stereocenters. The first-order chi connectivity index (χ1) is 7.50. The highest BCUT2D eigenvalue weighted by molar-refractivity contribution is 5.79. The smallest absolute Gasteiger partial charge is 0.253 e. The quantitative estimate of drug-likeness (QED) is 0.719. The van der Waals surface area contributed by atoms with Gasteiger partial charge in [-0.05, 0) is 30.7 Å². The van der Waals surface area contributed by atoms with Gasteiger partial charge in [-0.3, -0.25) is 4.98 Å². The fourth-order valence-electron chi connectivity index (χ4n) is 1.54. The van der Waals surface area contributed by atoms with E-state index in [2.05, 4.69) is 4.98 Å². The third kappa shape index (κ3) is 2.01. The number of benzene rings is 1. The molecule has 4 heteroatoms. The van der Waals surface area contributed by atoms with E-state index in [0.29, 0.717) is 10.9 Å². The van der Waals surface area contributed by atoms with Gasteiger partial charge in [0.05, 0.1) is 11.1 Å². The second-order valence-electron chi connectivity index (χ2n) is 3.56. The maximum atomic E-state index is 12.4. The SMILES string of the molecule is CCc1ccc2cc(C(F)(F)F)ccc2n1. The molecule has 0 N–H and O–H groups in total. The number of hydrogen-bond donors (Lipinski definition) is 0. The van der Waals surface area contributed by atoms with Crippen molar-refractivity contribution in [2.45, 2.75) is 19.5 Å². The molecule has 0 aliphatic rings. The lowest BCUT2D eigenvalue weighted by Gasteiger charge is -2.07. The van der Waals surface area contributed by atoms with Gasteiger partial charge in [-0.25, -0.2) is 0 Å². The van der Waals surface area contributed by atoms with Crippen LogP contribution in [0.5, 0.6) is 0 Å². The van der Waals surface area contributed by atoms with Crippen molar-refractivity contribution in [2.75, 3.05) is 0 Å². The number of alkyl halides is 3. The summed E-state index contributed by atoms with van der Waals surface area (Å²) in [7, 11) is 0.